The molecule has 4 nitrogen and oxygen atoms in total. The number of rotatable bonds is 2. The predicted molar refractivity (Wildman–Crippen MR) is 95.6 cm³/mol. The molecule has 5 aliphatic rings. The van der Waals surface area contributed by atoms with E-state index in [2.05, 4.69) is 53.1 Å². The van der Waals surface area contributed by atoms with Crippen LogP contribution in [0.25, 0.3) is 0 Å². The summed E-state index contributed by atoms with van der Waals surface area (Å²) >= 11 is 0. The molecule has 1 aromatic rings. The van der Waals surface area contributed by atoms with E-state index >= 15 is 0 Å². The molecule has 6 rings (SSSR count). The fraction of sp³-hybridized carbons (Fsp3) is 0.571. The number of ether oxygens (including phenoxy) is 1. The number of fused-ring (bicyclic) bond motifs is 3. The summed E-state index contributed by atoms with van der Waals surface area (Å²) in [5, 5.41) is 0. The molecule has 1 saturated carbocycles. The monoisotopic (exact) mass is 336 g/mol. The van der Waals surface area contributed by atoms with Crippen LogP contribution in [0.4, 0.5) is 5.69 Å². The van der Waals surface area contributed by atoms with E-state index in [-0.39, 0.29) is 22.8 Å². The molecule has 25 heavy (non-hydrogen) atoms. The summed E-state index contributed by atoms with van der Waals surface area (Å²) in [7, 11) is 1.55. The minimum absolute atomic E-state index is 0.0323. The quantitative estimate of drug-likeness (QED) is 0.472. The summed E-state index contributed by atoms with van der Waals surface area (Å²) < 4.78 is 5.36. The van der Waals surface area contributed by atoms with E-state index in [1.807, 2.05) is 0 Å². The third-order valence-electron chi connectivity index (χ3n) is 8.02. The molecule has 1 spiro atoms. The van der Waals surface area contributed by atoms with Crippen LogP contribution >= 0.6 is 0 Å². The molecular weight excluding hydrogens is 312 g/mol. The van der Waals surface area contributed by atoms with Gasteiger partial charge in [0.05, 0.1) is 13.2 Å². The van der Waals surface area contributed by atoms with Crippen molar-refractivity contribution < 1.29 is 9.53 Å². The largest absolute Gasteiger partial charge is 0.467 e. The normalized spacial score (nSPS) is 45.0. The van der Waals surface area contributed by atoms with Crippen molar-refractivity contribution in [2.24, 2.45) is 5.41 Å². The molecule has 0 amide bonds. The standard InChI is InChI=1S/C21H24N2O2/c1-3-19-9-6-11-22-12-10-20(16(19)22)14-7-4-5-8-15(14)23-17(20)21(23,13-19)18(24)25-2/h4-9,16-17H,3,10-13H2,1-2H3/t16-,17+,19-,20+,21-,23?/m0/s1. The van der Waals surface area contributed by atoms with Crippen molar-refractivity contribution in [3.8, 4) is 0 Å². The highest BCUT2D eigenvalue weighted by atomic mass is 16.5. The zero-order chi connectivity index (χ0) is 17.0. The lowest BCUT2D eigenvalue weighted by molar-refractivity contribution is -0.146. The number of nitrogens with zero attached hydrogens (tertiary/aromatic N) is 2. The molecule has 3 fully saturated rings. The fourth-order valence-electron chi connectivity index (χ4n) is 7.38. The Kier molecular flexibility index (Phi) is 2.37. The van der Waals surface area contributed by atoms with Crippen LogP contribution in [-0.4, -0.2) is 48.7 Å². The third-order valence-corrected chi connectivity index (χ3v) is 8.02. The number of esters is 1. The first-order valence-electron chi connectivity index (χ1n) is 9.55. The number of para-hydroxylation sites is 1. The van der Waals surface area contributed by atoms with E-state index in [4.69, 9.17) is 4.74 Å². The van der Waals surface area contributed by atoms with Gasteiger partial charge in [0.2, 0.25) is 0 Å². The first-order chi connectivity index (χ1) is 12.2. The average Bonchev–Trinajstić information content (AvgIpc) is 3.02. The maximum absolute atomic E-state index is 13.0. The Morgan fingerprint density at radius 1 is 1.32 bits per heavy atom. The first kappa shape index (κ1) is 14.4. The predicted octanol–water partition coefficient (Wildman–Crippen LogP) is 2.48. The molecule has 0 N–H and O–H groups in total. The zero-order valence-corrected chi connectivity index (χ0v) is 14.9. The van der Waals surface area contributed by atoms with Gasteiger partial charge in [0.25, 0.3) is 0 Å². The van der Waals surface area contributed by atoms with Crippen molar-refractivity contribution in [3.05, 3.63) is 42.0 Å². The maximum atomic E-state index is 13.0. The van der Waals surface area contributed by atoms with Crippen LogP contribution in [0.15, 0.2) is 36.4 Å². The Bertz CT molecular complexity index is 835. The number of hydrogen-bond donors (Lipinski definition) is 0. The molecule has 0 radical (unpaired) electrons. The average molecular weight is 336 g/mol. The summed E-state index contributed by atoms with van der Waals surface area (Å²) in [5.74, 6) is -0.0323. The Balaban J connectivity index is 1.67. The molecule has 1 aliphatic carbocycles. The Morgan fingerprint density at radius 3 is 2.96 bits per heavy atom. The minimum Gasteiger partial charge on any atom is -0.467 e. The van der Waals surface area contributed by atoms with E-state index < -0.39 is 5.54 Å². The van der Waals surface area contributed by atoms with Crippen molar-refractivity contribution in [1.82, 2.24) is 4.90 Å². The van der Waals surface area contributed by atoms with Crippen LogP contribution < -0.4 is 4.90 Å². The van der Waals surface area contributed by atoms with Gasteiger partial charge in [-0.15, -0.1) is 0 Å². The van der Waals surface area contributed by atoms with E-state index in [1.54, 1.807) is 7.11 Å². The first-order valence-corrected chi connectivity index (χ1v) is 9.55. The summed E-state index contributed by atoms with van der Waals surface area (Å²) in [6.45, 7) is 4.48. The van der Waals surface area contributed by atoms with Crippen LogP contribution in [0.5, 0.6) is 0 Å². The van der Waals surface area contributed by atoms with Gasteiger partial charge < -0.3 is 9.64 Å². The lowest BCUT2D eigenvalue weighted by atomic mass is 9.51. The third kappa shape index (κ3) is 1.25. The van der Waals surface area contributed by atoms with Crippen molar-refractivity contribution in [2.75, 3.05) is 25.1 Å². The van der Waals surface area contributed by atoms with E-state index in [0.29, 0.717) is 6.04 Å². The van der Waals surface area contributed by atoms with Gasteiger partial charge in [0.15, 0.2) is 5.54 Å². The summed E-state index contributed by atoms with van der Waals surface area (Å²) in [6, 6.07) is 9.59. The fourth-order valence-corrected chi connectivity index (χ4v) is 7.38. The van der Waals surface area contributed by atoms with Crippen LogP contribution in [0, 0.1) is 5.41 Å². The molecule has 4 heterocycles. The Hall–Kier alpha value is -1.81. The molecule has 4 aliphatic heterocycles. The summed E-state index contributed by atoms with van der Waals surface area (Å²) in [4.78, 5) is 18.1. The van der Waals surface area contributed by atoms with Crippen LogP contribution in [0.1, 0.15) is 31.7 Å². The highest BCUT2D eigenvalue weighted by Crippen LogP contribution is 2.76. The van der Waals surface area contributed by atoms with Crippen molar-refractivity contribution in [3.63, 3.8) is 0 Å². The highest BCUT2D eigenvalue weighted by molar-refractivity contribution is 5.99. The van der Waals surface area contributed by atoms with Crippen molar-refractivity contribution in [1.29, 1.82) is 0 Å². The number of carbonyl (C=O) groups excluding carboxylic acids is 1. The zero-order valence-electron chi connectivity index (χ0n) is 14.9. The molecule has 1 aromatic carbocycles. The molecule has 130 valence electrons. The smallest absolute Gasteiger partial charge is 0.333 e. The van der Waals surface area contributed by atoms with Gasteiger partial charge >= 0.3 is 5.97 Å². The van der Waals surface area contributed by atoms with E-state index in [0.717, 1.165) is 32.4 Å². The lowest BCUT2D eigenvalue weighted by Crippen LogP contribution is -2.63. The van der Waals surface area contributed by atoms with E-state index in [9.17, 15) is 4.79 Å². The van der Waals surface area contributed by atoms with E-state index in [1.165, 1.54) is 11.3 Å². The second-order valence-corrected chi connectivity index (χ2v) is 8.56. The van der Waals surface area contributed by atoms with Crippen LogP contribution in [-0.2, 0) is 14.9 Å². The number of hydrogen-bond acceptors (Lipinski definition) is 4. The Labute approximate surface area is 148 Å². The maximum Gasteiger partial charge on any atom is 0.333 e. The number of methoxy groups -OCH3 is 1. The molecule has 0 unspecified atom stereocenters. The van der Waals surface area contributed by atoms with Gasteiger partial charge in [-0.1, -0.05) is 37.3 Å². The number of anilines is 1. The van der Waals surface area contributed by atoms with Crippen LogP contribution in [0.2, 0.25) is 0 Å². The van der Waals surface area contributed by atoms with Gasteiger partial charge in [-0.2, -0.15) is 0 Å². The lowest BCUT2D eigenvalue weighted by Gasteiger charge is -2.55. The highest BCUT2D eigenvalue weighted by Gasteiger charge is 2.87. The van der Waals surface area contributed by atoms with Gasteiger partial charge in [0, 0.05) is 29.1 Å². The van der Waals surface area contributed by atoms with Gasteiger partial charge in [-0.05, 0) is 37.4 Å². The summed E-state index contributed by atoms with van der Waals surface area (Å²) in [6.07, 6.45) is 7.90. The van der Waals surface area contributed by atoms with Crippen LogP contribution in [0.3, 0.4) is 0 Å². The van der Waals surface area contributed by atoms with Crippen molar-refractivity contribution >= 4 is 11.7 Å². The van der Waals surface area contributed by atoms with Gasteiger partial charge in [-0.25, -0.2) is 4.79 Å². The Morgan fingerprint density at radius 2 is 2.16 bits per heavy atom. The second-order valence-electron chi connectivity index (χ2n) is 8.56. The topological polar surface area (TPSA) is 32.5 Å². The molecule has 0 aromatic heterocycles. The molecule has 2 saturated heterocycles. The second kappa shape index (κ2) is 4.12. The van der Waals surface area contributed by atoms with Gasteiger partial charge in [0.1, 0.15) is 0 Å². The molecule has 0 bridgehead atoms. The molecular formula is C21H24N2O2. The number of carbonyl (C=O) groups is 1. The molecule has 5 atom stereocenters. The van der Waals surface area contributed by atoms with Gasteiger partial charge in [-0.3, -0.25) is 4.90 Å². The summed E-state index contributed by atoms with van der Waals surface area (Å²) in [5.41, 5.74) is 2.44. The number of benzene rings is 1. The SMILES string of the molecule is CC[C@]12C=CCN3CC[C@@]4(c5ccccc5N5[C@H]4[C@]5(C(=O)OC)C1)[C@@H]32. The molecule has 4 heteroatoms. The minimum atomic E-state index is -0.451. The van der Waals surface area contributed by atoms with Crippen molar-refractivity contribution in [2.45, 2.75) is 49.2 Å².